The summed E-state index contributed by atoms with van der Waals surface area (Å²) >= 11 is 0. The molecule has 1 N–H and O–H groups in total. The second kappa shape index (κ2) is 5.67. The van der Waals surface area contributed by atoms with Crippen LogP contribution in [0.4, 0.5) is 15.8 Å². The Morgan fingerprint density at radius 2 is 2.19 bits per heavy atom. The number of nitro groups is 1. The van der Waals surface area contributed by atoms with E-state index in [1.54, 1.807) is 0 Å². The lowest BCUT2D eigenvalue weighted by molar-refractivity contribution is -0.384. The number of carboxylic acids is 1. The van der Waals surface area contributed by atoms with Gasteiger partial charge in [-0.15, -0.1) is 0 Å². The number of carboxylic acid groups (broad SMARTS) is 1. The molecule has 1 aliphatic rings. The number of rotatable bonds is 4. The van der Waals surface area contributed by atoms with E-state index in [9.17, 15) is 19.3 Å². The highest BCUT2D eigenvalue weighted by atomic mass is 19.1. The third kappa shape index (κ3) is 2.68. The zero-order chi connectivity index (χ0) is 15.7. The number of hydrogen-bond donors (Lipinski definition) is 1. The van der Waals surface area contributed by atoms with E-state index in [-0.39, 0.29) is 23.5 Å². The Kier molecular flexibility index (Phi) is 4.11. The molecule has 0 aromatic heterocycles. The molecule has 1 aliphatic heterocycles. The van der Waals surface area contributed by atoms with Gasteiger partial charge in [0.25, 0.3) is 5.69 Å². The van der Waals surface area contributed by atoms with Gasteiger partial charge in [-0.1, -0.05) is 6.92 Å². The van der Waals surface area contributed by atoms with Gasteiger partial charge in [0.05, 0.1) is 4.92 Å². The van der Waals surface area contributed by atoms with E-state index in [2.05, 4.69) is 0 Å². The van der Waals surface area contributed by atoms with Crippen molar-refractivity contribution in [3.05, 3.63) is 33.6 Å². The number of benzene rings is 1. The summed E-state index contributed by atoms with van der Waals surface area (Å²) in [6.45, 7) is 3.91. The topological polar surface area (TPSA) is 83.7 Å². The van der Waals surface area contributed by atoms with Crippen LogP contribution in [0.3, 0.4) is 0 Å². The largest absolute Gasteiger partial charge is 0.478 e. The zero-order valence-corrected chi connectivity index (χ0v) is 11.9. The summed E-state index contributed by atoms with van der Waals surface area (Å²) in [4.78, 5) is 23.4. The molecule has 2 unspecified atom stereocenters. The fraction of sp³-hybridized carbons (Fsp3) is 0.500. The highest BCUT2D eigenvalue weighted by molar-refractivity contribution is 5.90. The summed E-state index contributed by atoms with van der Waals surface area (Å²) in [7, 11) is 0. The van der Waals surface area contributed by atoms with Crippen molar-refractivity contribution in [3.63, 3.8) is 0 Å². The van der Waals surface area contributed by atoms with Crippen LogP contribution in [0.1, 0.15) is 43.5 Å². The number of halogens is 1. The predicted octanol–water partition coefficient (Wildman–Crippen LogP) is 3.20. The molecule has 0 aliphatic carbocycles. The van der Waals surface area contributed by atoms with Gasteiger partial charge in [0.15, 0.2) is 0 Å². The Bertz CT molecular complexity index is 591. The van der Waals surface area contributed by atoms with Crippen LogP contribution in [0.2, 0.25) is 0 Å². The second-order valence-electron chi connectivity index (χ2n) is 5.28. The van der Waals surface area contributed by atoms with Gasteiger partial charge in [-0.05, 0) is 26.2 Å². The van der Waals surface area contributed by atoms with Gasteiger partial charge in [-0.2, -0.15) is 0 Å². The third-order valence-corrected chi connectivity index (χ3v) is 4.03. The Morgan fingerprint density at radius 3 is 2.71 bits per heavy atom. The minimum Gasteiger partial charge on any atom is -0.478 e. The smallest absolute Gasteiger partial charge is 0.338 e. The number of nitro benzene ring substituents is 1. The average Bonchev–Trinajstić information content (AvgIpc) is 2.78. The molecule has 0 radical (unpaired) electrons. The van der Waals surface area contributed by atoms with Crippen molar-refractivity contribution in [2.45, 2.75) is 45.2 Å². The SMILES string of the molecule is CCC1CCC(C)N1c1cc(F)c(C(=O)O)cc1[N+](=O)[O-]. The molecule has 0 amide bonds. The summed E-state index contributed by atoms with van der Waals surface area (Å²) in [6.07, 6.45) is 2.55. The third-order valence-electron chi connectivity index (χ3n) is 4.03. The van der Waals surface area contributed by atoms with Gasteiger partial charge in [0.1, 0.15) is 17.1 Å². The minimum atomic E-state index is -1.51. The number of carbonyl (C=O) groups is 1. The molecule has 1 heterocycles. The second-order valence-corrected chi connectivity index (χ2v) is 5.28. The van der Waals surface area contributed by atoms with Gasteiger partial charge < -0.3 is 10.0 Å². The molecule has 2 rings (SSSR count). The van der Waals surface area contributed by atoms with Crippen molar-refractivity contribution in [2.24, 2.45) is 0 Å². The van der Waals surface area contributed by atoms with E-state index in [1.165, 1.54) is 0 Å². The Hall–Kier alpha value is -2.18. The molecule has 7 heteroatoms. The van der Waals surface area contributed by atoms with Crippen LogP contribution in [-0.4, -0.2) is 28.1 Å². The first-order valence-electron chi connectivity index (χ1n) is 6.86. The first-order valence-corrected chi connectivity index (χ1v) is 6.86. The van der Waals surface area contributed by atoms with E-state index < -0.39 is 22.3 Å². The van der Waals surface area contributed by atoms with Crippen LogP contribution >= 0.6 is 0 Å². The standard InChI is InChI=1S/C14H17FN2O4/c1-3-9-5-4-8(2)16(9)12-7-11(15)10(14(18)19)6-13(12)17(20)21/h6-9H,3-5H2,1-2H3,(H,18,19). The first kappa shape index (κ1) is 15.2. The van der Waals surface area contributed by atoms with Crippen LogP contribution < -0.4 is 4.90 Å². The summed E-state index contributed by atoms with van der Waals surface area (Å²) in [5.74, 6) is -2.46. The van der Waals surface area contributed by atoms with Crippen LogP contribution in [0, 0.1) is 15.9 Å². The van der Waals surface area contributed by atoms with Gasteiger partial charge in [-0.3, -0.25) is 10.1 Å². The lowest BCUT2D eigenvalue weighted by Gasteiger charge is -2.30. The summed E-state index contributed by atoms with van der Waals surface area (Å²) < 4.78 is 13.9. The quantitative estimate of drug-likeness (QED) is 0.681. The molecule has 114 valence electrons. The molecule has 1 aromatic rings. The molecular weight excluding hydrogens is 279 g/mol. The van der Waals surface area contributed by atoms with Crippen molar-refractivity contribution in [2.75, 3.05) is 4.90 Å². The molecule has 1 saturated heterocycles. The van der Waals surface area contributed by atoms with Crippen LogP contribution in [0.15, 0.2) is 12.1 Å². The van der Waals surface area contributed by atoms with Crippen molar-refractivity contribution in [1.29, 1.82) is 0 Å². The Balaban J connectivity index is 2.59. The maximum Gasteiger partial charge on any atom is 0.338 e. The number of aromatic carboxylic acids is 1. The van der Waals surface area contributed by atoms with Crippen molar-refractivity contribution >= 4 is 17.3 Å². The first-order chi connectivity index (χ1) is 9.86. The van der Waals surface area contributed by atoms with Crippen LogP contribution in [-0.2, 0) is 0 Å². The van der Waals surface area contributed by atoms with E-state index in [0.717, 1.165) is 31.4 Å². The van der Waals surface area contributed by atoms with E-state index >= 15 is 0 Å². The van der Waals surface area contributed by atoms with Crippen molar-refractivity contribution < 1.29 is 19.2 Å². The fourth-order valence-corrected chi connectivity index (χ4v) is 2.97. The lowest BCUT2D eigenvalue weighted by atomic mass is 10.1. The van der Waals surface area contributed by atoms with Gasteiger partial charge in [0, 0.05) is 24.2 Å². The van der Waals surface area contributed by atoms with Gasteiger partial charge in [0.2, 0.25) is 0 Å². The molecule has 0 spiro atoms. The maximum absolute atomic E-state index is 13.9. The summed E-state index contributed by atoms with van der Waals surface area (Å²) in [6, 6.07) is 1.95. The monoisotopic (exact) mass is 296 g/mol. The number of nitrogens with zero attached hydrogens (tertiary/aromatic N) is 2. The summed E-state index contributed by atoms with van der Waals surface area (Å²) in [5.41, 5.74) is -0.870. The molecule has 21 heavy (non-hydrogen) atoms. The molecule has 6 nitrogen and oxygen atoms in total. The summed E-state index contributed by atoms with van der Waals surface area (Å²) in [5, 5.41) is 20.1. The highest BCUT2D eigenvalue weighted by Gasteiger charge is 2.35. The molecule has 0 bridgehead atoms. The molecular formula is C14H17FN2O4. The van der Waals surface area contributed by atoms with Crippen LogP contribution in [0.25, 0.3) is 0 Å². The molecule has 0 saturated carbocycles. The van der Waals surface area contributed by atoms with Gasteiger partial charge in [-0.25, -0.2) is 9.18 Å². The highest BCUT2D eigenvalue weighted by Crippen LogP contribution is 2.39. The maximum atomic E-state index is 13.9. The fourth-order valence-electron chi connectivity index (χ4n) is 2.97. The average molecular weight is 296 g/mol. The van der Waals surface area contributed by atoms with E-state index in [4.69, 9.17) is 5.11 Å². The minimum absolute atomic E-state index is 0.0590. The predicted molar refractivity (Wildman–Crippen MR) is 75.3 cm³/mol. The van der Waals surface area contributed by atoms with Crippen molar-refractivity contribution in [1.82, 2.24) is 0 Å². The number of anilines is 1. The molecule has 2 atom stereocenters. The zero-order valence-electron chi connectivity index (χ0n) is 11.9. The van der Waals surface area contributed by atoms with Crippen molar-refractivity contribution in [3.8, 4) is 0 Å². The van der Waals surface area contributed by atoms with Gasteiger partial charge >= 0.3 is 5.97 Å². The number of hydrogen-bond acceptors (Lipinski definition) is 4. The lowest BCUT2D eigenvalue weighted by Crippen LogP contribution is -2.34. The Morgan fingerprint density at radius 1 is 1.52 bits per heavy atom. The van der Waals surface area contributed by atoms with E-state index in [1.807, 2.05) is 18.7 Å². The van der Waals surface area contributed by atoms with E-state index in [0.29, 0.717) is 0 Å². The normalized spacial score (nSPS) is 21.6. The molecule has 1 aromatic carbocycles. The van der Waals surface area contributed by atoms with Crippen LogP contribution in [0.5, 0.6) is 0 Å². The molecule has 1 fully saturated rings. The Labute approximate surface area is 121 Å².